The molecule has 0 saturated heterocycles. The fourth-order valence-corrected chi connectivity index (χ4v) is 1.84. The van der Waals surface area contributed by atoms with Crippen molar-refractivity contribution in [1.29, 1.82) is 0 Å². The van der Waals surface area contributed by atoms with Crippen LogP contribution in [0.1, 0.15) is 5.56 Å². The Balaban J connectivity index is 0.000000828. The van der Waals surface area contributed by atoms with Crippen LogP contribution in [0.5, 0.6) is 5.75 Å². The van der Waals surface area contributed by atoms with Gasteiger partial charge in [0.25, 0.3) is 16.5 Å². The third-order valence-corrected chi connectivity index (χ3v) is 2.86. The van der Waals surface area contributed by atoms with Gasteiger partial charge in [0.05, 0.1) is 26.9 Å². The molecule has 0 spiro atoms. The molecule has 0 atom stereocenters. The number of benzene rings is 2. The SMILES string of the molecule is NC([NH3+])=S.O=[N+]([O-])c1cc([N+](=O)[O-])c(OCc2ccccc2)c([N+](=O)[O-])c1. The molecule has 12 nitrogen and oxygen atoms in total. The summed E-state index contributed by atoms with van der Waals surface area (Å²) in [6, 6.07) is 9.77. The van der Waals surface area contributed by atoms with Crippen molar-refractivity contribution < 1.29 is 25.2 Å². The van der Waals surface area contributed by atoms with E-state index in [4.69, 9.17) is 10.5 Å². The van der Waals surface area contributed by atoms with E-state index in [1.807, 2.05) is 0 Å². The monoisotopic (exact) mass is 396 g/mol. The lowest BCUT2D eigenvalue weighted by Gasteiger charge is -2.07. The Bertz CT molecular complexity index is 836. The summed E-state index contributed by atoms with van der Waals surface area (Å²) < 4.78 is 5.21. The van der Waals surface area contributed by atoms with Crippen LogP contribution in [0.3, 0.4) is 0 Å². The quantitative estimate of drug-likeness (QED) is 0.413. The number of hydrogen-bond donors (Lipinski definition) is 2. The maximum Gasteiger partial charge on any atom is 0.325 e. The van der Waals surface area contributed by atoms with E-state index < -0.39 is 37.6 Å². The van der Waals surface area contributed by atoms with Crippen molar-refractivity contribution in [3.05, 3.63) is 78.4 Å². The van der Waals surface area contributed by atoms with E-state index in [0.29, 0.717) is 17.7 Å². The van der Waals surface area contributed by atoms with Gasteiger partial charge >= 0.3 is 11.4 Å². The normalized spacial score (nSPS) is 9.52. The van der Waals surface area contributed by atoms with Crippen molar-refractivity contribution in [2.75, 3.05) is 0 Å². The second-order valence-corrected chi connectivity index (χ2v) is 5.35. The first-order chi connectivity index (χ1) is 12.6. The molecular formula is C14H14N5O7S+. The Kier molecular flexibility index (Phi) is 7.66. The number of ether oxygens (including phenoxy) is 1. The molecule has 2 rings (SSSR count). The molecular weight excluding hydrogens is 382 g/mol. The van der Waals surface area contributed by atoms with Crippen LogP contribution in [-0.4, -0.2) is 19.9 Å². The average Bonchev–Trinajstić information content (AvgIpc) is 2.59. The van der Waals surface area contributed by atoms with Gasteiger partial charge in [-0.15, -0.1) is 0 Å². The molecule has 0 radical (unpaired) electrons. The number of nitro groups is 3. The highest BCUT2D eigenvalue weighted by Gasteiger charge is 2.32. The van der Waals surface area contributed by atoms with Gasteiger partial charge in [-0.3, -0.25) is 30.3 Å². The second kappa shape index (κ2) is 9.69. The molecule has 27 heavy (non-hydrogen) atoms. The number of nitrogens with zero attached hydrogens (tertiary/aromatic N) is 3. The van der Waals surface area contributed by atoms with E-state index in [1.165, 1.54) is 0 Å². The number of quaternary nitrogens is 1. The van der Waals surface area contributed by atoms with Gasteiger partial charge < -0.3 is 16.2 Å². The molecule has 0 aliphatic rings. The molecule has 13 heteroatoms. The van der Waals surface area contributed by atoms with Crippen LogP contribution in [-0.2, 0) is 6.61 Å². The zero-order chi connectivity index (χ0) is 20.6. The van der Waals surface area contributed by atoms with Crippen LogP contribution >= 0.6 is 12.2 Å². The lowest BCUT2D eigenvalue weighted by molar-refractivity contribution is -0.404. The van der Waals surface area contributed by atoms with Gasteiger partial charge in [0, 0.05) is 12.2 Å². The summed E-state index contributed by atoms with van der Waals surface area (Å²) in [6.45, 7) is -0.152. The van der Waals surface area contributed by atoms with Crippen LogP contribution in [0.4, 0.5) is 17.1 Å². The predicted octanol–water partition coefficient (Wildman–Crippen LogP) is 1.46. The summed E-state index contributed by atoms with van der Waals surface area (Å²) in [4.78, 5) is 30.0. The van der Waals surface area contributed by atoms with Crippen molar-refractivity contribution in [3.8, 4) is 5.75 Å². The number of rotatable bonds is 6. The van der Waals surface area contributed by atoms with Crippen molar-refractivity contribution in [3.63, 3.8) is 0 Å². The maximum atomic E-state index is 11.1. The standard InChI is InChI=1S/C13H9N3O7.CH4N2S/c17-14(18)10-6-11(15(19)20)13(12(7-10)16(21)22)23-8-9-4-2-1-3-5-9;2-1(3)4/h1-7H,8H2;(H4,2,3,4)/p+1. The molecule has 0 unspecified atom stereocenters. The first-order valence-electron chi connectivity index (χ1n) is 7.02. The van der Waals surface area contributed by atoms with Crippen LogP contribution in [0.2, 0.25) is 0 Å². The van der Waals surface area contributed by atoms with Gasteiger partial charge in [0.15, 0.2) is 0 Å². The summed E-state index contributed by atoms with van der Waals surface area (Å²) >= 11 is 4.20. The Hall–Kier alpha value is -3.71. The highest BCUT2D eigenvalue weighted by atomic mass is 32.1. The second-order valence-electron chi connectivity index (χ2n) is 4.83. The number of thiocarbonyl (C=S) groups is 1. The molecule has 0 aromatic heterocycles. The van der Waals surface area contributed by atoms with E-state index in [1.54, 1.807) is 30.3 Å². The first kappa shape index (κ1) is 21.3. The lowest BCUT2D eigenvalue weighted by atomic mass is 10.2. The van der Waals surface area contributed by atoms with Crippen molar-refractivity contribution in [2.24, 2.45) is 5.73 Å². The van der Waals surface area contributed by atoms with E-state index in [-0.39, 0.29) is 11.7 Å². The summed E-state index contributed by atoms with van der Waals surface area (Å²) in [6.07, 6.45) is 0. The third-order valence-electron chi connectivity index (χ3n) is 2.86. The first-order valence-corrected chi connectivity index (χ1v) is 7.43. The summed E-state index contributed by atoms with van der Waals surface area (Å²) in [5.74, 6) is -0.616. The average molecular weight is 396 g/mol. The summed E-state index contributed by atoms with van der Waals surface area (Å²) in [5.41, 5.74) is 6.10. The lowest BCUT2D eigenvalue weighted by Crippen LogP contribution is -2.60. The van der Waals surface area contributed by atoms with E-state index >= 15 is 0 Å². The van der Waals surface area contributed by atoms with Crippen LogP contribution in [0.25, 0.3) is 0 Å². The Labute approximate surface area is 156 Å². The Morgan fingerprint density at radius 2 is 1.44 bits per heavy atom. The molecule has 0 amide bonds. The zero-order valence-corrected chi connectivity index (χ0v) is 14.5. The predicted molar refractivity (Wildman–Crippen MR) is 96.9 cm³/mol. The number of hydrogen-bond acceptors (Lipinski definition) is 8. The van der Waals surface area contributed by atoms with Crippen LogP contribution in [0, 0.1) is 30.3 Å². The molecule has 2 aromatic carbocycles. The highest BCUT2D eigenvalue weighted by Crippen LogP contribution is 2.40. The van der Waals surface area contributed by atoms with Crippen molar-refractivity contribution in [1.82, 2.24) is 0 Å². The topological polar surface area (TPSA) is 192 Å². The van der Waals surface area contributed by atoms with Gasteiger partial charge in [0.1, 0.15) is 6.61 Å². The fraction of sp³-hybridized carbons (Fsp3) is 0.0714. The van der Waals surface area contributed by atoms with Crippen molar-refractivity contribution in [2.45, 2.75) is 6.61 Å². The van der Waals surface area contributed by atoms with Crippen LogP contribution in [0.15, 0.2) is 42.5 Å². The molecule has 0 aliphatic heterocycles. The Morgan fingerprint density at radius 1 is 1.00 bits per heavy atom. The van der Waals surface area contributed by atoms with Gasteiger partial charge in [0.2, 0.25) is 0 Å². The zero-order valence-electron chi connectivity index (χ0n) is 13.6. The summed E-state index contributed by atoms with van der Waals surface area (Å²) in [7, 11) is 0. The van der Waals surface area contributed by atoms with Gasteiger partial charge in [-0.1, -0.05) is 30.3 Å². The van der Waals surface area contributed by atoms with Gasteiger partial charge in [-0.2, -0.15) is 0 Å². The number of non-ortho nitro benzene ring substituents is 1. The molecule has 0 bridgehead atoms. The molecule has 5 N–H and O–H groups in total. The molecule has 0 aliphatic carbocycles. The van der Waals surface area contributed by atoms with Crippen molar-refractivity contribution >= 4 is 34.4 Å². The molecule has 142 valence electrons. The molecule has 0 heterocycles. The highest BCUT2D eigenvalue weighted by molar-refractivity contribution is 7.79. The number of nitrogens with two attached hydrogens (primary N) is 1. The minimum Gasteiger partial charge on any atom is -0.477 e. The van der Waals surface area contributed by atoms with E-state index in [0.717, 1.165) is 0 Å². The maximum absolute atomic E-state index is 11.1. The fourth-order valence-electron chi connectivity index (χ4n) is 1.84. The number of nitro benzene ring substituents is 3. The van der Waals surface area contributed by atoms with E-state index in [9.17, 15) is 30.3 Å². The minimum atomic E-state index is -0.958. The summed E-state index contributed by atoms with van der Waals surface area (Å²) in [5, 5.41) is 33.1. The Morgan fingerprint density at radius 3 is 1.81 bits per heavy atom. The van der Waals surface area contributed by atoms with E-state index in [2.05, 4.69) is 18.0 Å². The largest absolute Gasteiger partial charge is 0.477 e. The van der Waals surface area contributed by atoms with Gasteiger partial charge in [-0.25, -0.2) is 0 Å². The minimum absolute atomic E-state index is 0.152. The smallest absolute Gasteiger partial charge is 0.325 e. The van der Waals surface area contributed by atoms with Crippen LogP contribution < -0.4 is 16.2 Å². The van der Waals surface area contributed by atoms with Gasteiger partial charge in [-0.05, 0) is 5.56 Å². The molecule has 0 fully saturated rings. The molecule has 0 saturated carbocycles. The molecule has 2 aromatic rings. The third kappa shape index (κ3) is 6.60.